The van der Waals surface area contributed by atoms with Gasteiger partial charge in [0.15, 0.2) is 17.3 Å². The van der Waals surface area contributed by atoms with Gasteiger partial charge in [-0.1, -0.05) is 6.92 Å². The minimum Gasteiger partial charge on any atom is -0.391 e. The van der Waals surface area contributed by atoms with Crippen molar-refractivity contribution in [3.63, 3.8) is 0 Å². The van der Waals surface area contributed by atoms with E-state index in [2.05, 4.69) is 4.98 Å². The van der Waals surface area contributed by atoms with Crippen LogP contribution >= 0.6 is 0 Å². The molecule has 0 radical (unpaired) electrons. The van der Waals surface area contributed by atoms with Crippen LogP contribution in [0.25, 0.3) is 16.7 Å². The Morgan fingerprint density at radius 2 is 1.87 bits per heavy atom. The second kappa shape index (κ2) is 9.00. The molecule has 1 aliphatic heterocycles. The number of nitrogens with one attached hydrogen (secondary N) is 1. The lowest BCUT2D eigenvalue weighted by Crippen LogP contribution is -2.46. The molecule has 2 atom stereocenters. The maximum Gasteiger partial charge on any atom is 0.408 e. The number of rotatable bonds is 5. The van der Waals surface area contributed by atoms with Gasteiger partial charge in [-0.3, -0.25) is 14.2 Å². The Morgan fingerprint density at radius 3 is 2.42 bits per heavy atom. The second-order valence-electron chi connectivity index (χ2n) is 9.74. The van der Waals surface area contributed by atoms with E-state index in [-0.39, 0.29) is 28.8 Å². The Hall–Kier alpha value is -3.61. The lowest BCUT2D eigenvalue weighted by Gasteiger charge is -2.21. The molecule has 1 amide bonds. The number of anilines is 1. The van der Waals surface area contributed by atoms with Crippen LogP contribution in [0.1, 0.15) is 36.5 Å². The Labute approximate surface area is 211 Å². The average molecular weight is 540 g/mol. The number of hydrogen-bond donors (Lipinski definition) is 2. The first-order valence-electron chi connectivity index (χ1n) is 11.9. The molecule has 13 heteroatoms. The lowest BCUT2D eigenvalue weighted by molar-refractivity contribution is -0.153. The van der Waals surface area contributed by atoms with E-state index >= 15 is 0 Å². The summed E-state index contributed by atoms with van der Waals surface area (Å²) in [7, 11) is 0. The van der Waals surface area contributed by atoms with E-state index in [1.807, 2.05) is 0 Å². The van der Waals surface area contributed by atoms with Crippen LogP contribution in [0.15, 0.2) is 35.3 Å². The van der Waals surface area contributed by atoms with Gasteiger partial charge in [0.2, 0.25) is 5.43 Å². The zero-order valence-corrected chi connectivity index (χ0v) is 20.0. The number of aliphatic hydroxyl groups excluding tert-OH is 1. The number of alkyl halides is 3. The monoisotopic (exact) mass is 540 g/mol. The van der Waals surface area contributed by atoms with Gasteiger partial charge in [0.1, 0.15) is 28.9 Å². The number of carbonyl (C=O) groups is 1. The van der Waals surface area contributed by atoms with E-state index in [9.17, 15) is 41.0 Å². The summed E-state index contributed by atoms with van der Waals surface area (Å²) >= 11 is 0. The minimum atomic E-state index is -4.80. The molecule has 1 saturated heterocycles. The molecule has 5 rings (SSSR count). The summed E-state index contributed by atoms with van der Waals surface area (Å²) in [6.45, 7) is 1.89. The summed E-state index contributed by atoms with van der Waals surface area (Å²) in [4.78, 5) is 32.1. The van der Waals surface area contributed by atoms with Crippen LogP contribution < -0.4 is 15.6 Å². The SMILES string of the molecule is CCC(NC(=O)c1cn(-c2c(F)cc(F)cc2F)c2nc(N3CC(O)C4(CC4)C3)ccc2c1=O)C(F)(F)F. The second-order valence-corrected chi connectivity index (χ2v) is 9.74. The fourth-order valence-electron chi connectivity index (χ4n) is 4.90. The average Bonchev–Trinajstić information content (AvgIpc) is 3.54. The van der Waals surface area contributed by atoms with E-state index in [1.54, 1.807) is 10.2 Å². The Morgan fingerprint density at radius 1 is 1.21 bits per heavy atom. The van der Waals surface area contributed by atoms with Gasteiger partial charge >= 0.3 is 6.18 Å². The number of aromatic nitrogens is 2. The zero-order valence-electron chi connectivity index (χ0n) is 20.0. The van der Waals surface area contributed by atoms with Gasteiger partial charge in [-0.2, -0.15) is 13.2 Å². The number of pyridine rings is 2. The summed E-state index contributed by atoms with van der Waals surface area (Å²) in [5, 5.41) is 11.8. The van der Waals surface area contributed by atoms with Crippen LogP contribution in [0.2, 0.25) is 0 Å². The number of aliphatic hydroxyl groups is 1. The molecule has 7 nitrogen and oxygen atoms in total. The van der Waals surface area contributed by atoms with Crippen molar-refractivity contribution in [3.8, 4) is 5.69 Å². The molecular formula is C25H22F6N4O3. The van der Waals surface area contributed by atoms with Crippen LogP contribution in [0.5, 0.6) is 0 Å². The number of carbonyl (C=O) groups excluding carboxylic acids is 1. The van der Waals surface area contributed by atoms with Crippen molar-refractivity contribution in [3.05, 3.63) is 63.7 Å². The molecule has 1 saturated carbocycles. The van der Waals surface area contributed by atoms with Crippen LogP contribution in [-0.2, 0) is 0 Å². The van der Waals surface area contributed by atoms with Crippen molar-refractivity contribution in [1.82, 2.24) is 14.9 Å². The highest BCUT2D eigenvalue weighted by Gasteiger charge is 2.54. The normalized spacial score (nSPS) is 19.3. The maximum atomic E-state index is 14.8. The molecule has 38 heavy (non-hydrogen) atoms. The molecule has 1 aromatic carbocycles. The standard InChI is InChI=1S/C25H22F6N4O3/c1-2-17(25(29,30)31)32-23(38)14-9-35(20-15(27)7-12(26)8-16(20)28)22-13(21(14)37)3-4-19(33-22)34-10-18(36)24(11-34)5-6-24/h3-4,7-9,17-18,36H,2,5-6,10-11H2,1H3,(H,32,38). The summed E-state index contributed by atoms with van der Waals surface area (Å²) in [5.74, 6) is -5.13. The summed E-state index contributed by atoms with van der Waals surface area (Å²) in [6, 6.07) is 1.17. The molecule has 2 aliphatic rings. The molecule has 3 heterocycles. The van der Waals surface area contributed by atoms with Crippen molar-refractivity contribution >= 4 is 22.8 Å². The highest BCUT2D eigenvalue weighted by atomic mass is 19.4. The van der Waals surface area contributed by atoms with Crippen molar-refractivity contribution in [2.75, 3.05) is 18.0 Å². The molecule has 0 bridgehead atoms. The van der Waals surface area contributed by atoms with E-state index in [1.165, 1.54) is 19.1 Å². The van der Waals surface area contributed by atoms with Crippen LogP contribution in [-0.4, -0.2) is 52.0 Å². The quantitative estimate of drug-likeness (QED) is 0.481. The van der Waals surface area contributed by atoms with Crippen LogP contribution in [0.4, 0.5) is 32.2 Å². The number of benzene rings is 1. The van der Waals surface area contributed by atoms with Crippen molar-refractivity contribution in [1.29, 1.82) is 0 Å². The predicted molar refractivity (Wildman–Crippen MR) is 125 cm³/mol. The Balaban J connectivity index is 1.68. The maximum absolute atomic E-state index is 14.8. The molecule has 2 N–H and O–H groups in total. The van der Waals surface area contributed by atoms with E-state index in [4.69, 9.17) is 0 Å². The Bertz CT molecular complexity index is 1480. The molecule has 3 aromatic rings. The zero-order chi connectivity index (χ0) is 27.6. The molecule has 2 fully saturated rings. The smallest absolute Gasteiger partial charge is 0.391 e. The summed E-state index contributed by atoms with van der Waals surface area (Å²) < 4.78 is 83.8. The van der Waals surface area contributed by atoms with E-state index in [0.717, 1.165) is 12.8 Å². The number of halogens is 6. The number of nitrogens with zero attached hydrogens (tertiary/aromatic N) is 3. The van der Waals surface area contributed by atoms with Crippen molar-refractivity contribution in [2.45, 2.75) is 44.5 Å². The topological polar surface area (TPSA) is 87.5 Å². The third-order valence-corrected chi connectivity index (χ3v) is 7.23. The number of β-amino-alcohol motifs (C(OH)–C–C–N with tert-alkyl or cyclic N) is 1. The fourth-order valence-corrected chi connectivity index (χ4v) is 4.90. The van der Waals surface area contributed by atoms with Gasteiger partial charge in [-0.05, 0) is 31.4 Å². The third-order valence-electron chi connectivity index (χ3n) is 7.23. The van der Waals surface area contributed by atoms with Gasteiger partial charge in [-0.25, -0.2) is 18.2 Å². The summed E-state index contributed by atoms with van der Waals surface area (Å²) in [6.07, 6.45) is -3.59. The Kier molecular flexibility index (Phi) is 6.16. The first-order chi connectivity index (χ1) is 17.8. The largest absolute Gasteiger partial charge is 0.408 e. The summed E-state index contributed by atoms with van der Waals surface area (Å²) in [5.41, 5.74) is -3.26. The van der Waals surface area contributed by atoms with Gasteiger partial charge in [0.25, 0.3) is 5.91 Å². The molecule has 1 aliphatic carbocycles. The van der Waals surface area contributed by atoms with Gasteiger partial charge in [0.05, 0.1) is 11.5 Å². The van der Waals surface area contributed by atoms with Gasteiger partial charge in [-0.15, -0.1) is 0 Å². The van der Waals surface area contributed by atoms with E-state index in [0.29, 0.717) is 29.4 Å². The predicted octanol–water partition coefficient (Wildman–Crippen LogP) is 3.83. The third kappa shape index (κ3) is 4.38. The van der Waals surface area contributed by atoms with Crippen molar-refractivity contribution in [2.24, 2.45) is 5.41 Å². The molecular weight excluding hydrogens is 518 g/mol. The minimum absolute atomic E-state index is 0.234. The highest BCUT2D eigenvalue weighted by molar-refractivity contribution is 5.97. The number of hydrogen-bond acceptors (Lipinski definition) is 5. The number of amides is 1. The van der Waals surface area contributed by atoms with Crippen molar-refractivity contribution < 1.29 is 36.2 Å². The fraction of sp³-hybridized carbons (Fsp3) is 0.400. The van der Waals surface area contributed by atoms with Gasteiger partial charge in [0, 0.05) is 36.8 Å². The molecule has 1 spiro atoms. The van der Waals surface area contributed by atoms with E-state index < -0.39 is 64.8 Å². The first kappa shape index (κ1) is 26.0. The lowest BCUT2D eigenvalue weighted by atomic mass is 10.0. The highest BCUT2D eigenvalue weighted by Crippen LogP contribution is 2.53. The van der Waals surface area contributed by atoms with Crippen LogP contribution in [0, 0.1) is 22.9 Å². The molecule has 2 unspecified atom stereocenters. The van der Waals surface area contributed by atoms with Gasteiger partial charge < -0.3 is 15.3 Å². The molecule has 2 aromatic heterocycles. The number of fused-ring (bicyclic) bond motifs is 1. The first-order valence-corrected chi connectivity index (χ1v) is 11.9. The van der Waals surface area contributed by atoms with Crippen LogP contribution in [0.3, 0.4) is 0 Å². The molecule has 202 valence electrons.